The zero-order valence-corrected chi connectivity index (χ0v) is 15.0. The summed E-state index contributed by atoms with van der Waals surface area (Å²) in [6, 6.07) is 18.6. The molecule has 0 saturated heterocycles. The van der Waals surface area contributed by atoms with Crippen molar-refractivity contribution < 1.29 is 5.11 Å². The van der Waals surface area contributed by atoms with Gasteiger partial charge in [-0.2, -0.15) is 0 Å². The van der Waals surface area contributed by atoms with Crippen LogP contribution in [0.25, 0.3) is 11.1 Å². The highest BCUT2D eigenvalue weighted by Gasteiger charge is 2.15. The minimum atomic E-state index is -0.869. The monoisotopic (exact) mass is 353 g/mol. The predicted molar refractivity (Wildman–Crippen MR) is 102 cm³/mol. The molecule has 4 heteroatoms. The average Bonchev–Trinajstić information content (AvgIpc) is 2.58. The van der Waals surface area contributed by atoms with Crippen molar-refractivity contribution in [2.75, 3.05) is 0 Å². The Hall–Kier alpha value is -2.36. The van der Waals surface area contributed by atoms with Crippen LogP contribution in [-0.2, 0) is 12.1 Å². The van der Waals surface area contributed by atoms with Crippen molar-refractivity contribution in [3.8, 4) is 11.1 Å². The van der Waals surface area contributed by atoms with Gasteiger partial charge in [0.25, 0.3) is 5.56 Å². The summed E-state index contributed by atoms with van der Waals surface area (Å²) in [6.07, 6.45) is 1.86. The van der Waals surface area contributed by atoms with E-state index in [1.54, 1.807) is 24.5 Å². The normalized spacial score (nSPS) is 11.5. The first kappa shape index (κ1) is 17.5. The number of rotatable bonds is 4. The van der Waals surface area contributed by atoms with Crippen molar-refractivity contribution in [1.82, 2.24) is 4.57 Å². The molecule has 1 aromatic heterocycles. The lowest BCUT2D eigenvalue weighted by molar-refractivity contribution is 0.0786. The fourth-order valence-corrected chi connectivity index (χ4v) is 2.81. The minimum Gasteiger partial charge on any atom is -0.386 e. The van der Waals surface area contributed by atoms with Gasteiger partial charge in [0.1, 0.15) is 0 Å². The maximum absolute atomic E-state index is 12.2. The molecule has 0 saturated carbocycles. The highest BCUT2D eigenvalue weighted by molar-refractivity contribution is 6.30. The Morgan fingerprint density at radius 3 is 2.12 bits per heavy atom. The number of aromatic nitrogens is 1. The molecule has 2 aromatic carbocycles. The summed E-state index contributed by atoms with van der Waals surface area (Å²) in [5.41, 5.74) is 2.90. The van der Waals surface area contributed by atoms with Gasteiger partial charge in [0.15, 0.2) is 0 Å². The summed E-state index contributed by atoms with van der Waals surface area (Å²) in [6.45, 7) is 4.01. The second kappa shape index (κ2) is 6.87. The van der Waals surface area contributed by atoms with E-state index < -0.39 is 5.60 Å². The first-order chi connectivity index (χ1) is 11.8. The third kappa shape index (κ3) is 4.19. The van der Waals surface area contributed by atoms with E-state index in [-0.39, 0.29) is 5.56 Å². The Morgan fingerprint density at radius 1 is 0.920 bits per heavy atom. The van der Waals surface area contributed by atoms with Crippen LogP contribution in [0.5, 0.6) is 0 Å². The lowest BCUT2D eigenvalue weighted by atomic mass is 9.96. The van der Waals surface area contributed by atoms with Gasteiger partial charge in [-0.25, -0.2) is 0 Å². The molecule has 0 aliphatic rings. The first-order valence-corrected chi connectivity index (χ1v) is 8.49. The number of hydrogen-bond acceptors (Lipinski definition) is 2. The number of pyridine rings is 1. The van der Waals surface area contributed by atoms with Crippen LogP contribution in [0.15, 0.2) is 71.7 Å². The Kier molecular flexibility index (Phi) is 4.80. The highest BCUT2D eigenvalue weighted by Crippen LogP contribution is 2.24. The predicted octanol–water partition coefficient (Wildman–Crippen LogP) is 4.44. The van der Waals surface area contributed by atoms with Crippen LogP contribution >= 0.6 is 11.6 Å². The topological polar surface area (TPSA) is 42.2 Å². The summed E-state index contributed by atoms with van der Waals surface area (Å²) in [4.78, 5) is 12.2. The van der Waals surface area contributed by atoms with Crippen LogP contribution < -0.4 is 5.56 Å². The number of benzene rings is 2. The zero-order chi connectivity index (χ0) is 18.0. The average molecular weight is 354 g/mol. The van der Waals surface area contributed by atoms with E-state index >= 15 is 0 Å². The first-order valence-electron chi connectivity index (χ1n) is 8.11. The van der Waals surface area contributed by atoms with Crippen LogP contribution in [0.1, 0.15) is 25.0 Å². The molecule has 3 nitrogen and oxygen atoms in total. The molecule has 0 fully saturated rings. The zero-order valence-electron chi connectivity index (χ0n) is 14.2. The SMILES string of the molecule is CC(C)(O)c1ccc(-c2ccc(=O)n(Cc3ccc(Cl)cc3)c2)cc1. The number of aliphatic hydroxyl groups is 1. The van der Waals surface area contributed by atoms with Crippen LogP contribution in [0.4, 0.5) is 0 Å². The molecular formula is C21H20ClNO2. The van der Waals surface area contributed by atoms with E-state index in [2.05, 4.69) is 0 Å². The molecule has 0 aliphatic heterocycles. The molecule has 0 amide bonds. The summed E-state index contributed by atoms with van der Waals surface area (Å²) in [7, 11) is 0. The fourth-order valence-electron chi connectivity index (χ4n) is 2.68. The van der Waals surface area contributed by atoms with E-state index in [9.17, 15) is 9.90 Å². The lowest BCUT2D eigenvalue weighted by Gasteiger charge is -2.18. The molecule has 128 valence electrons. The molecule has 1 heterocycles. The van der Waals surface area contributed by atoms with Gasteiger partial charge in [-0.15, -0.1) is 0 Å². The van der Waals surface area contributed by atoms with Gasteiger partial charge in [0, 0.05) is 17.3 Å². The van der Waals surface area contributed by atoms with Gasteiger partial charge in [-0.1, -0.05) is 48.0 Å². The third-order valence-corrected chi connectivity index (χ3v) is 4.43. The third-order valence-electron chi connectivity index (χ3n) is 4.17. The van der Waals surface area contributed by atoms with Crippen molar-refractivity contribution in [3.05, 3.63) is 93.4 Å². The second-order valence-electron chi connectivity index (χ2n) is 6.65. The van der Waals surface area contributed by atoms with E-state index in [1.165, 1.54) is 0 Å². The molecule has 0 spiro atoms. The highest BCUT2D eigenvalue weighted by atomic mass is 35.5. The summed E-state index contributed by atoms with van der Waals surface area (Å²) >= 11 is 5.91. The van der Waals surface area contributed by atoms with Crippen molar-refractivity contribution in [2.24, 2.45) is 0 Å². The summed E-state index contributed by atoms with van der Waals surface area (Å²) < 4.78 is 1.68. The van der Waals surface area contributed by atoms with Gasteiger partial charge >= 0.3 is 0 Å². The molecule has 0 aliphatic carbocycles. The number of halogens is 1. The smallest absolute Gasteiger partial charge is 0.250 e. The molecule has 3 aromatic rings. The molecule has 3 rings (SSSR count). The van der Waals surface area contributed by atoms with Crippen molar-refractivity contribution >= 4 is 11.6 Å². The Balaban J connectivity index is 1.91. The van der Waals surface area contributed by atoms with Gasteiger partial charge in [-0.3, -0.25) is 4.79 Å². The molecule has 25 heavy (non-hydrogen) atoms. The lowest BCUT2D eigenvalue weighted by Crippen LogP contribution is -2.19. The quantitative estimate of drug-likeness (QED) is 0.753. The second-order valence-corrected chi connectivity index (χ2v) is 7.08. The minimum absolute atomic E-state index is 0.0492. The Morgan fingerprint density at radius 2 is 1.52 bits per heavy atom. The molecular weight excluding hydrogens is 334 g/mol. The summed E-state index contributed by atoms with van der Waals surface area (Å²) in [5.74, 6) is 0. The van der Waals surface area contributed by atoms with E-state index in [1.807, 2.05) is 60.8 Å². The standard InChI is InChI=1S/C21H20ClNO2/c1-21(2,25)18-8-5-16(6-9-18)17-7-12-20(24)23(14-17)13-15-3-10-19(22)11-4-15/h3-12,14,25H,13H2,1-2H3. The van der Waals surface area contributed by atoms with Crippen molar-refractivity contribution in [3.63, 3.8) is 0 Å². The van der Waals surface area contributed by atoms with Crippen LogP contribution in [0, 0.1) is 0 Å². The van der Waals surface area contributed by atoms with E-state index in [4.69, 9.17) is 11.6 Å². The van der Waals surface area contributed by atoms with Gasteiger partial charge in [0.2, 0.25) is 0 Å². The van der Waals surface area contributed by atoms with Crippen molar-refractivity contribution in [1.29, 1.82) is 0 Å². The molecule has 1 N–H and O–H groups in total. The fraction of sp³-hybridized carbons (Fsp3) is 0.190. The number of hydrogen-bond donors (Lipinski definition) is 1. The van der Waals surface area contributed by atoms with E-state index in [0.717, 1.165) is 22.3 Å². The van der Waals surface area contributed by atoms with Crippen LogP contribution in [0.3, 0.4) is 0 Å². The van der Waals surface area contributed by atoms with Crippen LogP contribution in [-0.4, -0.2) is 9.67 Å². The molecule has 0 unspecified atom stereocenters. The maximum atomic E-state index is 12.2. The Bertz CT molecular complexity index is 920. The number of nitrogens with zero attached hydrogens (tertiary/aromatic N) is 1. The van der Waals surface area contributed by atoms with Crippen molar-refractivity contribution in [2.45, 2.75) is 26.0 Å². The van der Waals surface area contributed by atoms with Crippen LogP contribution in [0.2, 0.25) is 5.02 Å². The van der Waals surface area contributed by atoms with Gasteiger partial charge < -0.3 is 9.67 Å². The largest absolute Gasteiger partial charge is 0.386 e. The molecule has 0 atom stereocenters. The van der Waals surface area contributed by atoms with Gasteiger partial charge in [-0.05, 0) is 54.3 Å². The summed E-state index contributed by atoms with van der Waals surface area (Å²) in [5, 5.41) is 10.7. The molecule has 0 bridgehead atoms. The Labute approximate surface area is 152 Å². The molecule has 0 radical (unpaired) electrons. The van der Waals surface area contributed by atoms with E-state index in [0.29, 0.717) is 11.6 Å². The van der Waals surface area contributed by atoms with Gasteiger partial charge in [0.05, 0.1) is 12.1 Å². The maximum Gasteiger partial charge on any atom is 0.250 e.